The van der Waals surface area contributed by atoms with Crippen molar-refractivity contribution in [2.75, 3.05) is 21.3 Å². The molecule has 0 spiro atoms. The number of aromatic hydroxyl groups is 2. The Morgan fingerprint density at radius 3 is 1.47 bits per heavy atom. The van der Waals surface area contributed by atoms with Crippen molar-refractivity contribution in [3.8, 4) is 23.0 Å². The van der Waals surface area contributed by atoms with Crippen LogP contribution in [0.15, 0.2) is 260 Å². The highest BCUT2D eigenvalue weighted by Crippen LogP contribution is 2.47. The second kappa shape index (κ2) is 27.6. The Labute approximate surface area is 622 Å². The predicted octanol–water partition coefficient (Wildman–Crippen LogP) is 20.3. The Hall–Kier alpha value is -13.9. The number of Topliss-reactive ketones (excluding diaryl/α,β-unsaturated/α-hetero) is 1. The van der Waals surface area contributed by atoms with E-state index in [1.165, 1.54) is 11.6 Å². The summed E-state index contributed by atoms with van der Waals surface area (Å²) >= 11 is 0. The van der Waals surface area contributed by atoms with Crippen LogP contribution in [0.1, 0.15) is 159 Å². The number of rotatable bonds is 9. The fourth-order valence-electron chi connectivity index (χ4n) is 14.9. The lowest BCUT2D eigenvalue weighted by atomic mass is 9.72. The third-order valence-corrected chi connectivity index (χ3v) is 19.7. The quantitative estimate of drug-likeness (QED) is 0.0581. The molecule has 1 amide bonds. The van der Waals surface area contributed by atoms with E-state index in [1.54, 1.807) is 89.8 Å². The molecule has 16 heteroatoms. The minimum Gasteiger partial charge on any atom is -0.507 e. The highest BCUT2D eigenvalue weighted by Gasteiger charge is 2.40. The Bertz CT molecular complexity index is 5920. The van der Waals surface area contributed by atoms with E-state index in [0.717, 1.165) is 73.4 Å². The van der Waals surface area contributed by atoms with E-state index >= 15 is 0 Å². The molecule has 0 atom stereocenters. The van der Waals surface area contributed by atoms with Crippen LogP contribution in [0.25, 0.3) is 33.0 Å². The van der Waals surface area contributed by atoms with E-state index in [2.05, 4.69) is 62.4 Å². The molecular weight excluding hydrogens is 1350 g/mol. The minimum absolute atomic E-state index is 0.00588. The zero-order valence-electron chi connectivity index (χ0n) is 60.1. The number of amides is 1. The molecule has 12 aromatic carbocycles. The normalized spacial score (nSPS) is 13.4. The van der Waals surface area contributed by atoms with Crippen LogP contribution < -0.4 is 26.0 Å². The van der Waals surface area contributed by atoms with Gasteiger partial charge in [-0.3, -0.25) is 33.7 Å². The third kappa shape index (κ3) is 12.8. The van der Waals surface area contributed by atoms with Crippen LogP contribution in [-0.2, 0) is 5.41 Å². The van der Waals surface area contributed by atoms with E-state index in [4.69, 9.17) is 15.5 Å². The first kappa shape index (κ1) is 69.8. The summed E-state index contributed by atoms with van der Waals surface area (Å²) in [6.07, 6.45) is 1.02. The molecule has 0 unspecified atom stereocenters. The molecule has 7 N–H and O–H groups in total. The smallest absolute Gasteiger partial charge is 0.264 e. The summed E-state index contributed by atoms with van der Waals surface area (Å²) in [5.74, 6) is -0.668. The van der Waals surface area contributed by atoms with Gasteiger partial charge >= 0.3 is 0 Å². The summed E-state index contributed by atoms with van der Waals surface area (Å²) in [6, 6.07) is 77.5. The maximum absolute atomic E-state index is 13.5. The maximum Gasteiger partial charge on any atom is 0.264 e. The van der Waals surface area contributed by atoms with Gasteiger partial charge in [0, 0.05) is 67.2 Å². The van der Waals surface area contributed by atoms with Gasteiger partial charge in [0.1, 0.15) is 34.5 Å². The van der Waals surface area contributed by atoms with Gasteiger partial charge < -0.3 is 36.4 Å². The molecule has 2 aliphatic heterocycles. The predicted molar refractivity (Wildman–Crippen MR) is 425 cm³/mol. The zero-order chi connectivity index (χ0) is 75.6. The van der Waals surface area contributed by atoms with Crippen LogP contribution in [0, 0.1) is 19.3 Å². The average Bonchev–Trinajstić information content (AvgIpc) is 1.60. The number of aromatic nitrogens is 1. The molecule has 16 nitrogen and oxygen atoms in total. The van der Waals surface area contributed by atoms with Crippen LogP contribution >= 0.6 is 0 Å². The zero-order valence-corrected chi connectivity index (χ0v) is 60.1. The number of phenols is 1. The van der Waals surface area contributed by atoms with E-state index in [0.29, 0.717) is 56.0 Å². The number of carbonyl (C=O) groups excluding carboxylic acids is 6. The number of nitrogens with one attached hydrogen (secondary N) is 2. The summed E-state index contributed by atoms with van der Waals surface area (Å²) in [4.78, 5) is 89.2. The molecule has 5 aliphatic rings. The number of aliphatic imine (C=N–C) groups is 1. The number of aliphatic hydroxyl groups excluding tert-OH is 1. The highest BCUT2D eigenvalue weighted by molar-refractivity contribution is 6.41. The first-order valence-electron chi connectivity index (χ1n) is 35.3. The lowest BCUT2D eigenvalue weighted by Crippen LogP contribution is -2.31. The molecule has 0 saturated heterocycles. The van der Waals surface area contributed by atoms with Gasteiger partial charge in [0.2, 0.25) is 0 Å². The Balaban J connectivity index is 0.000000117. The molecular formula is C92H72N6O10. The summed E-state index contributed by atoms with van der Waals surface area (Å²) in [7, 11) is 0. The van der Waals surface area contributed by atoms with Gasteiger partial charge in [-0.2, -0.15) is 0 Å². The van der Waals surface area contributed by atoms with Crippen LogP contribution in [0.5, 0.6) is 23.0 Å². The van der Waals surface area contributed by atoms with Gasteiger partial charge in [-0.1, -0.05) is 216 Å². The van der Waals surface area contributed by atoms with Gasteiger partial charge in [-0.05, 0) is 121 Å². The standard InChI is InChI=1S/C28H22N2O2.C28H29NO4.C18H10N2O.C18H11NO3/c1-17-7-11-19(12-8-17)29-23-15-16-24(30-20-13-9-18(2)10-14-20)26-25(23)27(31)21-5-3-4-6-22(21)28(26)32;1-27(2,3)15-28(4,5)16-10-12-17(13-11-16)33-21-14-20(30)22-23(24(21)29)26(32)19-9-7-6-8-18(19)25(22)31;21-18-13-8-2-1-7-12(13)17-19-14-9-3-5-11-6-4-10-15(16(11)14)20(17)18;20-14-9-10-5-1-4-8-13(10)19-16(14)15-17(21)11-6-2-3-7-12(11)18(15)22/h3-16,29-30H,1-2H3;6-14,30H,15,29H2,1-5H3;1-10H;1-9,20-21H. The van der Waals surface area contributed by atoms with Gasteiger partial charge in [0.15, 0.2) is 34.7 Å². The number of carbonyl (C=O) groups is 6. The molecule has 13 aromatic rings. The lowest BCUT2D eigenvalue weighted by Gasteiger charge is -2.33. The molecule has 0 fully saturated rings. The lowest BCUT2D eigenvalue weighted by molar-refractivity contribution is 0.0977. The Kier molecular flexibility index (Phi) is 17.9. The highest BCUT2D eigenvalue weighted by atomic mass is 16.5. The SMILES string of the molecule is CC(C)(C)CC(C)(C)c1ccc(Oc2cc(O)c3c(c2N)C(=O)c2ccccc2C3=O)cc1.Cc1ccc(Nc2ccc(Nc3ccc(C)cc3)c3c2C(=O)c2ccccc2C3=O)cc1.O=C1C(c2nc3ccccc3cc2O)=C(O)c2ccccc21.O=C1c2ccccc2C2=Nc3cccc4cccc(c34)N12. The van der Waals surface area contributed by atoms with Crippen molar-refractivity contribution < 1.29 is 48.8 Å². The Morgan fingerprint density at radius 1 is 0.454 bits per heavy atom. The fraction of sp³-hybridized carbons (Fsp3) is 0.109. The number of hydrogen-bond donors (Lipinski definition) is 6. The van der Waals surface area contributed by atoms with Gasteiger partial charge in [0.05, 0.1) is 67.3 Å². The van der Waals surface area contributed by atoms with E-state index in [1.807, 2.05) is 166 Å². The number of nitrogens with zero attached hydrogens (tertiary/aromatic N) is 3. The van der Waals surface area contributed by atoms with Crippen LogP contribution in [0.2, 0.25) is 0 Å². The van der Waals surface area contributed by atoms with Crippen LogP contribution in [0.3, 0.4) is 0 Å². The Morgan fingerprint density at radius 2 is 0.926 bits per heavy atom. The summed E-state index contributed by atoms with van der Waals surface area (Å²) < 4.78 is 5.95. The number of anilines is 6. The number of aliphatic hydroxyl groups is 1. The number of ether oxygens (including phenoxy) is 1. The third-order valence-electron chi connectivity index (χ3n) is 19.7. The number of ketones is 5. The minimum atomic E-state index is -0.429. The molecule has 0 saturated carbocycles. The second-order valence-electron chi connectivity index (χ2n) is 29.0. The van der Waals surface area contributed by atoms with Crippen molar-refractivity contribution in [3.63, 3.8) is 0 Å². The first-order valence-corrected chi connectivity index (χ1v) is 35.3. The monoisotopic (exact) mass is 1420 g/mol. The van der Waals surface area contributed by atoms with Crippen molar-refractivity contribution in [1.82, 2.24) is 4.98 Å². The molecule has 0 bridgehead atoms. The van der Waals surface area contributed by atoms with Crippen molar-refractivity contribution in [3.05, 3.63) is 344 Å². The average molecular weight is 1420 g/mol. The molecule has 3 heterocycles. The van der Waals surface area contributed by atoms with Crippen molar-refractivity contribution in [1.29, 1.82) is 0 Å². The van der Waals surface area contributed by atoms with Crippen LogP contribution in [-0.4, -0.2) is 61.0 Å². The topological polar surface area (TPSA) is 251 Å². The van der Waals surface area contributed by atoms with Crippen molar-refractivity contribution in [2.45, 2.75) is 60.3 Å². The number of para-hydroxylation sites is 1. The number of pyridine rings is 1. The van der Waals surface area contributed by atoms with Crippen LogP contribution in [0.4, 0.5) is 39.8 Å². The molecule has 1 aromatic heterocycles. The number of aryl methyl sites for hydroxylation is 2. The number of nitrogens with two attached hydrogens (primary N) is 1. The fourth-order valence-corrected chi connectivity index (χ4v) is 14.9. The number of phenolic OH excluding ortho intramolecular Hbond substituents is 1. The summed E-state index contributed by atoms with van der Waals surface area (Å²) in [6.45, 7) is 15.2. The molecule has 3 aliphatic carbocycles. The maximum atomic E-state index is 13.5. The second-order valence-corrected chi connectivity index (χ2v) is 29.0. The largest absolute Gasteiger partial charge is 0.507 e. The van der Waals surface area contributed by atoms with E-state index in [9.17, 15) is 44.1 Å². The number of nitrogen functional groups attached to an aromatic ring is 1. The number of amidine groups is 1. The summed E-state index contributed by atoms with van der Waals surface area (Å²) in [5.41, 5.74) is 20.2. The van der Waals surface area contributed by atoms with E-state index < -0.39 is 11.6 Å². The number of allylic oxidation sites excluding steroid dienone is 1. The van der Waals surface area contributed by atoms with Gasteiger partial charge in [0.25, 0.3) is 5.91 Å². The van der Waals surface area contributed by atoms with Gasteiger partial charge in [-0.25, -0.2) is 9.98 Å². The first-order chi connectivity index (χ1) is 51.9. The number of benzene rings is 12. The summed E-state index contributed by atoms with van der Waals surface area (Å²) in [5, 5.41) is 40.8. The van der Waals surface area contributed by atoms with E-state index in [-0.39, 0.29) is 96.3 Å². The molecule has 18 rings (SSSR count). The molecule has 530 valence electrons. The number of fused-ring (bicyclic) bond motifs is 10. The van der Waals surface area contributed by atoms with Crippen molar-refractivity contribution in [2.24, 2.45) is 10.4 Å². The van der Waals surface area contributed by atoms with Crippen molar-refractivity contribution >= 4 is 113 Å². The molecule has 108 heavy (non-hydrogen) atoms. The number of hydrogen-bond acceptors (Lipinski definition) is 15. The molecule has 0 radical (unpaired) electrons. The van der Waals surface area contributed by atoms with Gasteiger partial charge in [-0.15, -0.1) is 0 Å².